The lowest BCUT2D eigenvalue weighted by Crippen LogP contribution is -2.36. The van der Waals surface area contributed by atoms with Crippen LogP contribution in [0.2, 0.25) is 0 Å². The lowest BCUT2D eigenvalue weighted by Gasteiger charge is -2.39. The van der Waals surface area contributed by atoms with Crippen LogP contribution in [0.1, 0.15) is 76.3 Å². The van der Waals surface area contributed by atoms with Crippen LogP contribution in [0.3, 0.4) is 0 Å². The molecule has 0 aliphatic heterocycles. The normalized spacial score (nSPS) is 30.8. The Morgan fingerprint density at radius 2 is 1.88 bits per heavy atom. The van der Waals surface area contributed by atoms with E-state index in [1.165, 1.54) is 24.0 Å². The van der Waals surface area contributed by atoms with E-state index in [2.05, 4.69) is 38.1 Å². The van der Waals surface area contributed by atoms with Gasteiger partial charge in [-0.25, -0.2) is 8.78 Å². The maximum Gasteiger partial charge on any atom is 0.251 e. The molecule has 0 aromatic heterocycles. The van der Waals surface area contributed by atoms with E-state index in [4.69, 9.17) is 0 Å². The minimum Gasteiger partial charge on any atom is -0.207 e. The highest BCUT2D eigenvalue weighted by atomic mass is 19.3. The number of rotatable bonds is 5. The topological polar surface area (TPSA) is 0 Å². The van der Waals surface area contributed by atoms with Crippen molar-refractivity contribution in [3.63, 3.8) is 0 Å². The largest absolute Gasteiger partial charge is 0.251 e. The van der Waals surface area contributed by atoms with Crippen LogP contribution in [0.25, 0.3) is 0 Å². The summed E-state index contributed by atoms with van der Waals surface area (Å²) in [7, 11) is 0. The molecule has 2 saturated carbocycles. The first-order valence-electron chi connectivity index (χ1n) is 9.83. The smallest absolute Gasteiger partial charge is 0.207 e. The van der Waals surface area contributed by atoms with Crippen molar-refractivity contribution in [2.75, 3.05) is 0 Å². The van der Waals surface area contributed by atoms with Gasteiger partial charge in [0.1, 0.15) is 0 Å². The fourth-order valence-corrected chi connectivity index (χ4v) is 4.79. The molecule has 0 amide bonds. The maximum absolute atomic E-state index is 14.2. The van der Waals surface area contributed by atoms with Gasteiger partial charge in [0.2, 0.25) is 0 Å². The lowest BCUT2D eigenvalue weighted by molar-refractivity contribution is -0.104. The van der Waals surface area contributed by atoms with Crippen molar-refractivity contribution in [3.05, 3.63) is 35.4 Å². The summed E-state index contributed by atoms with van der Waals surface area (Å²) < 4.78 is 28.4. The standard InChI is InChI=1S/C22H32F2/c1-15(2)19-13-20(14-19)18-8-6-7-17(12-18)11-16(3)21-9-4-5-10-22(21,23)24/h6-8,12,15-16,19-21H,4-5,9-11,13-14H2,1-3H3/t16?,19?,20?,21-/m0/s1. The monoisotopic (exact) mass is 334 g/mol. The van der Waals surface area contributed by atoms with Crippen molar-refractivity contribution in [1.82, 2.24) is 0 Å². The minimum atomic E-state index is -2.46. The first-order chi connectivity index (χ1) is 11.4. The van der Waals surface area contributed by atoms with Gasteiger partial charge < -0.3 is 0 Å². The Hall–Kier alpha value is -0.920. The molecule has 0 N–H and O–H groups in total. The molecule has 0 radical (unpaired) electrons. The molecule has 24 heavy (non-hydrogen) atoms. The minimum absolute atomic E-state index is 0.0559. The molecule has 2 fully saturated rings. The fraction of sp³-hybridized carbons (Fsp3) is 0.727. The summed E-state index contributed by atoms with van der Waals surface area (Å²) in [6.45, 7) is 6.64. The van der Waals surface area contributed by atoms with Gasteiger partial charge in [0.15, 0.2) is 0 Å². The molecule has 1 aromatic carbocycles. The molecule has 3 rings (SSSR count). The Bertz CT molecular complexity index is 543. The second-order valence-electron chi connectivity index (χ2n) is 8.71. The van der Waals surface area contributed by atoms with Crippen molar-refractivity contribution >= 4 is 0 Å². The summed E-state index contributed by atoms with van der Waals surface area (Å²) in [5.74, 6) is -0.530. The summed E-state index contributed by atoms with van der Waals surface area (Å²) >= 11 is 0. The highest BCUT2D eigenvalue weighted by Crippen LogP contribution is 2.46. The van der Waals surface area contributed by atoms with Crippen LogP contribution in [0, 0.1) is 23.7 Å². The molecule has 0 saturated heterocycles. The Labute approximate surface area is 146 Å². The van der Waals surface area contributed by atoms with Crippen LogP contribution in [-0.4, -0.2) is 5.92 Å². The van der Waals surface area contributed by atoms with Crippen LogP contribution in [-0.2, 0) is 6.42 Å². The molecule has 2 aliphatic carbocycles. The number of halogens is 2. The quantitative estimate of drug-likeness (QED) is 0.553. The van der Waals surface area contributed by atoms with Crippen LogP contribution >= 0.6 is 0 Å². The molecule has 0 heterocycles. The highest BCUT2D eigenvalue weighted by Gasteiger charge is 2.43. The first-order valence-corrected chi connectivity index (χ1v) is 9.83. The molecular weight excluding hydrogens is 302 g/mol. The maximum atomic E-state index is 14.2. The Morgan fingerprint density at radius 1 is 1.12 bits per heavy atom. The van der Waals surface area contributed by atoms with Gasteiger partial charge in [-0.2, -0.15) is 0 Å². The van der Waals surface area contributed by atoms with Crippen LogP contribution in [0.5, 0.6) is 0 Å². The lowest BCUT2D eigenvalue weighted by atomic mass is 9.67. The van der Waals surface area contributed by atoms with E-state index in [1.807, 2.05) is 6.92 Å². The third kappa shape index (κ3) is 3.83. The number of hydrogen-bond donors (Lipinski definition) is 0. The summed E-state index contributed by atoms with van der Waals surface area (Å²) in [5, 5.41) is 0. The summed E-state index contributed by atoms with van der Waals surface area (Å²) in [6, 6.07) is 8.77. The van der Waals surface area contributed by atoms with E-state index in [1.54, 1.807) is 0 Å². The van der Waals surface area contributed by atoms with E-state index in [9.17, 15) is 8.78 Å². The van der Waals surface area contributed by atoms with Crippen LogP contribution in [0.15, 0.2) is 24.3 Å². The predicted molar refractivity (Wildman–Crippen MR) is 96.5 cm³/mol. The third-order valence-electron chi connectivity index (χ3n) is 6.60. The third-order valence-corrected chi connectivity index (χ3v) is 6.60. The SMILES string of the molecule is CC(C)C1CC(c2cccc(CC(C)[C@@H]3CCCCC3(F)F)c2)C1. The van der Waals surface area contributed by atoms with Gasteiger partial charge in [0.25, 0.3) is 5.92 Å². The van der Waals surface area contributed by atoms with E-state index in [0.29, 0.717) is 18.8 Å². The summed E-state index contributed by atoms with van der Waals surface area (Å²) in [6.07, 6.45) is 5.78. The van der Waals surface area contributed by atoms with Gasteiger partial charge in [0.05, 0.1) is 0 Å². The van der Waals surface area contributed by atoms with Crippen molar-refractivity contribution in [1.29, 1.82) is 0 Å². The second-order valence-corrected chi connectivity index (χ2v) is 8.71. The zero-order chi connectivity index (χ0) is 17.3. The highest BCUT2D eigenvalue weighted by molar-refractivity contribution is 5.28. The fourth-order valence-electron chi connectivity index (χ4n) is 4.79. The number of hydrogen-bond acceptors (Lipinski definition) is 0. The average molecular weight is 334 g/mol. The Kier molecular flexibility index (Phi) is 5.32. The van der Waals surface area contributed by atoms with Gasteiger partial charge in [-0.05, 0) is 66.9 Å². The van der Waals surface area contributed by atoms with Crippen molar-refractivity contribution in [2.45, 2.75) is 77.6 Å². The van der Waals surface area contributed by atoms with Crippen LogP contribution < -0.4 is 0 Å². The molecule has 0 bridgehead atoms. The molecule has 2 heteroatoms. The van der Waals surface area contributed by atoms with Crippen molar-refractivity contribution < 1.29 is 8.78 Å². The second kappa shape index (κ2) is 7.14. The first kappa shape index (κ1) is 17.9. The predicted octanol–water partition coefficient (Wildman–Crippen LogP) is 6.84. The van der Waals surface area contributed by atoms with Gasteiger partial charge >= 0.3 is 0 Å². The van der Waals surface area contributed by atoms with Crippen molar-refractivity contribution in [2.24, 2.45) is 23.7 Å². The molecule has 2 atom stereocenters. The number of benzene rings is 1. The molecule has 0 spiro atoms. The van der Waals surface area contributed by atoms with E-state index < -0.39 is 11.8 Å². The number of alkyl halides is 2. The molecule has 1 unspecified atom stereocenters. The van der Waals surface area contributed by atoms with Gasteiger partial charge in [0, 0.05) is 12.3 Å². The molecule has 1 aromatic rings. The Balaban J connectivity index is 1.62. The summed E-state index contributed by atoms with van der Waals surface area (Å²) in [4.78, 5) is 0. The van der Waals surface area contributed by atoms with Gasteiger partial charge in [-0.3, -0.25) is 0 Å². The van der Waals surface area contributed by atoms with Crippen LogP contribution in [0.4, 0.5) is 8.78 Å². The van der Waals surface area contributed by atoms with E-state index in [0.717, 1.165) is 24.7 Å². The molecular formula is C22H32F2. The zero-order valence-corrected chi connectivity index (χ0v) is 15.4. The van der Waals surface area contributed by atoms with E-state index in [-0.39, 0.29) is 12.3 Å². The zero-order valence-electron chi connectivity index (χ0n) is 15.4. The average Bonchev–Trinajstić information content (AvgIpc) is 2.45. The van der Waals surface area contributed by atoms with Crippen molar-refractivity contribution in [3.8, 4) is 0 Å². The van der Waals surface area contributed by atoms with Gasteiger partial charge in [-0.15, -0.1) is 0 Å². The molecule has 0 nitrogen and oxygen atoms in total. The van der Waals surface area contributed by atoms with Gasteiger partial charge in [-0.1, -0.05) is 51.5 Å². The summed E-state index contributed by atoms with van der Waals surface area (Å²) in [5.41, 5.74) is 2.67. The molecule has 134 valence electrons. The van der Waals surface area contributed by atoms with E-state index >= 15 is 0 Å². The molecule has 2 aliphatic rings. The Morgan fingerprint density at radius 3 is 2.54 bits per heavy atom.